The highest BCUT2D eigenvalue weighted by Gasteiger charge is 2.19. The molecule has 0 amide bonds. The molecule has 0 N–H and O–H groups in total. The van der Waals surface area contributed by atoms with Crippen LogP contribution < -0.4 is 9.80 Å². The van der Waals surface area contributed by atoms with Gasteiger partial charge in [0, 0.05) is 33.5 Å². The van der Waals surface area contributed by atoms with Crippen LogP contribution in [0.2, 0.25) is 0 Å². The van der Waals surface area contributed by atoms with Gasteiger partial charge in [-0.2, -0.15) is 0 Å². The minimum absolute atomic E-state index is 1.10. The molecule has 0 aliphatic rings. The first-order chi connectivity index (χ1) is 31.7. The van der Waals surface area contributed by atoms with E-state index in [1.807, 2.05) is 0 Å². The van der Waals surface area contributed by atoms with E-state index in [4.69, 9.17) is 0 Å². The van der Waals surface area contributed by atoms with Gasteiger partial charge in [0.25, 0.3) is 0 Å². The molecule has 11 aromatic carbocycles. The Morgan fingerprint density at radius 3 is 1.16 bits per heavy atom. The summed E-state index contributed by atoms with van der Waals surface area (Å²) in [6, 6.07) is 91.6. The Labute approximate surface area is 374 Å². The van der Waals surface area contributed by atoms with Crippen LogP contribution in [0.1, 0.15) is 11.1 Å². The molecule has 11 rings (SSSR count). The first kappa shape index (κ1) is 38.5. The average molecular weight is 817 g/mol. The summed E-state index contributed by atoms with van der Waals surface area (Å²) in [6.45, 7) is 0. The van der Waals surface area contributed by atoms with Gasteiger partial charge in [0.05, 0.1) is 11.4 Å². The molecule has 64 heavy (non-hydrogen) atoms. The van der Waals surface area contributed by atoms with E-state index in [0.717, 1.165) is 45.3 Å². The van der Waals surface area contributed by atoms with Crippen molar-refractivity contribution in [1.82, 2.24) is 0 Å². The Kier molecular flexibility index (Phi) is 10.3. The molecule has 2 nitrogen and oxygen atoms in total. The maximum atomic E-state index is 2.38. The van der Waals surface area contributed by atoms with Crippen LogP contribution in [0.5, 0.6) is 0 Å². The summed E-state index contributed by atoms with van der Waals surface area (Å²) >= 11 is 0. The van der Waals surface area contributed by atoms with Crippen LogP contribution in [0.3, 0.4) is 0 Å². The lowest BCUT2D eigenvalue weighted by Gasteiger charge is -2.28. The maximum absolute atomic E-state index is 2.38. The number of rotatable bonds is 10. The lowest BCUT2D eigenvalue weighted by Crippen LogP contribution is -2.10. The van der Waals surface area contributed by atoms with Gasteiger partial charge in [0.15, 0.2) is 0 Å². The van der Waals surface area contributed by atoms with Gasteiger partial charge in [-0.1, -0.05) is 200 Å². The lowest BCUT2D eigenvalue weighted by atomic mass is 9.96. The van der Waals surface area contributed by atoms with Gasteiger partial charge in [-0.3, -0.25) is 0 Å². The predicted molar refractivity (Wildman–Crippen MR) is 275 cm³/mol. The molecule has 0 spiro atoms. The predicted octanol–water partition coefficient (Wildman–Crippen LogP) is 17.6. The van der Waals surface area contributed by atoms with Gasteiger partial charge in [0.1, 0.15) is 0 Å². The molecule has 0 fully saturated rings. The molecular formula is C62H44N2. The van der Waals surface area contributed by atoms with Crippen molar-refractivity contribution < 1.29 is 0 Å². The smallest absolute Gasteiger partial charge is 0.0540 e. The Hall–Kier alpha value is -8.46. The fourth-order valence-electron chi connectivity index (χ4n) is 9.13. The third-order valence-corrected chi connectivity index (χ3v) is 12.2. The van der Waals surface area contributed by atoms with Crippen molar-refractivity contribution in [1.29, 1.82) is 0 Å². The van der Waals surface area contributed by atoms with Crippen molar-refractivity contribution in [2.45, 2.75) is 0 Å². The van der Waals surface area contributed by atoms with Gasteiger partial charge < -0.3 is 9.80 Å². The van der Waals surface area contributed by atoms with Crippen molar-refractivity contribution in [2.75, 3.05) is 9.80 Å². The summed E-state index contributed by atoms with van der Waals surface area (Å²) in [5.74, 6) is 0. The minimum Gasteiger partial charge on any atom is -0.310 e. The first-order valence-electron chi connectivity index (χ1n) is 21.9. The largest absolute Gasteiger partial charge is 0.310 e. The third kappa shape index (κ3) is 7.48. The molecule has 0 aliphatic carbocycles. The summed E-state index contributed by atoms with van der Waals surface area (Å²) in [7, 11) is 0. The van der Waals surface area contributed by atoms with E-state index < -0.39 is 0 Å². The fourth-order valence-corrected chi connectivity index (χ4v) is 9.13. The van der Waals surface area contributed by atoms with Gasteiger partial charge >= 0.3 is 0 Å². The zero-order valence-electron chi connectivity index (χ0n) is 35.3. The second kappa shape index (κ2) is 17.1. The molecule has 0 atom stereocenters. The van der Waals surface area contributed by atoms with Gasteiger partial charge in [-0.15, -0.1) is 0 Å². The number of nitrogens with zero attached hydrogens (tertiary/aromatic N) is 2. The highest BCUT2D eigenvalue weighted by molar-refractivity contribution is 6.08. The van der Waals surface area contributed by atoms with Crippen molar-refractivity contribution in [3.05, 3.63) is 266 Å². The van der Waals surface area contributed by atoms with Gasteiger partial charge in [-0.05, 0) is 122 Å². The standard InChI is InChI=1S/C62H44N2/c1-5-17-47(18-6-1)55-39-41-61(59-27-15-13-25-57(55)59)63(51-21-9-3-10-22-51)53-36-32-45(33-37-53)29-30-46-31-34-50-44-54(38-35-49(50)43-46)64(52-23-11-4-12-24-52)62-42-40-56(48-19-7-2-8-20-48)58-26-14-16-28-60(58)62/h1-44H. The first-order valence-corrected chi connectivity index (χ1v) is 21.9. The molecule has 0 radical (unpaired) electrons. The highest BCUT2D eigenvalue weighted by atomic mass is 15.1. The maximum Gasteiger partial charge on any atom is 0.0540 e. The topological polar surface area (TPSA) is 6.48 Å². The molecule has 0 heterocycles. The summed E-state index contributed by atoms with van der Waals surface area (Å²) in [6.07, 6.45) is 4.42. The number of hydrogen-bond acceptors (Lipinski definition) is 2. The van der Waals surface area contributed by atoms with Crippen LogP contribution in [-0.4, -0.2) is 0 Å². The second-order valence-corrected chi connectivity index (χ2v) is 16.1. The van der Waals surface area contributed by atoms with E-state index in [2.05, 4.69) is 277 Å². The summed E-state index contributed by atoms with van der Waals surface area (Å²) in [4.78, 5) is 4.75. The van der Waals surface area contributed by atoms with Crippen molar-refractivity contribution in [3.8, 4) is 22.3 Å². The van der Waals surface area contributed by atoms with Gasteiger partial charge in [0.2, 0.25) is 0 Å². The number of para-hydroxylation sites is 2. The van der Waals surface area contributed by atoms with Crippen LogP contribution in [0.15, 0.2) is 255 Å². The Morgan fingerprint density at radius 1 is 0.250 bits per heavy atom. The van der Waals surface area contributed by atoms with E-state index in [-0.39, 0.29) is 0 Å². The van der Waals surface area contributed by atoms with E-state index in [0.29, 0.717) is 0 Å². The minimum atomic E-state index is 1.10. The number of fused-ring (bicyclic) bond motifs is 3. The molecule has 11 aromatic rings. The fraction of sp³-hybridized carbons (Fsp3) is 0. The average Bonchev–Trinajstić information content (AvgIpc) is 3.37. The Bertz CT molecular complexity index is 3420. The van der Waals surface area contributed by atoms with Crippen LogP contribution in [0.25, 0.3) is 66.7 Å². The summed E-state index contributed by atoms with van der Waals surface area (Å²) < 4.78 is 0. The van der Waals surface area contributed by atoms with E-state index in [9.17, 15) is 0 Å². The third-order valence-electron chi connectivity index (χ3n) is 12.2. The summed E-state index contributed by atoms with van der Waals surface area (Å²) in [5.41, 5.74) is 13.9. The van der Waals surface area contributed by atoms with Crippen LogP contribution in [-0.2, 0) is 0 Å². The summed E-state index contributed by atoms with van der Waals surface area (Å²) in [5, 5.41) is 7.26. The van der Waals surface area contributed by atoms with Crippen LogP contribution in [0.4, 0.5) is 34.1 Å². The number of hydrogen-bond donors (Lipinski definition) is 0. The van der Waals surface area contributed by atoms with Crippen LogP contribution >= 0.6 is 0 Å². The molecule has 0 unspecified atom stereocenters. The van der Waals surface area contributed by atoms with E-state index in [1.54, 1.807) is 0 Å². The molecular weight excluding hydrogens is 773 g/mol. The van der Waals surface area contributed by atoms with E-state index >= 15 is 0 Å². The SMILES string of the molecule is C(=Cc1ccc2cc(N(c3ccccc3)c3ccc(-c4ccccc4)c4ccccc34)ccc2c1)c1ccc(N(c2ccccc2)c2ccc(-c3ccccc3)c3ccccc23)cc1. The van der Waals surface area contributed by atoms with Crippen LogP contribution in [0, 0.1) is 0 Å². The molecule has 302 valence electrons. The quantitative estimate of drug-likeness (QED) is 0.127. The molecule has 0 saturated heterocycles. The molecule has 0 saturated carbocycles. The lowest BCUT2D eigenvalue weighted by molar-refractivity contribution is 1.30. The Morgan fingerprint density at radius 2 is 0.625 bits per heavy atom. The Balaban J connectivity index is 0.898. The molecule has 0 bridgehead atoms. The number of anilines is 6. The van der Waals surface area contributed by atoms with Gasteiger partial charge in [-0.25, -0.2) is 0 Å². The van der Waals surface area contributed by atoms with Crippen molar-refractivity contribution in [2.24, 2.45) is 0 Å². The second-order valence-electron chi connectivity index (χ2n) is 16.1. The van der Waals surface area contributed by atoms with E-state index in [1.165, 1.54) is 54.6 Å². The molecule has 2 heteroatoms. The van der Waals surface area contributed by atoms with Crippen molar-refractivity contribution in [3.63, 3.8) is 0 Å². The highest BCUT2D eigenvalue weighted by Crippen LogP contribution is 2.44. The normalized spacial score (nSPS) is 11.4. The zero-order chi connectivity index (χ0) is 42.7. The monoisotopic (exact) mass is 816 g/mol. The molecule has 0 aromatic heterocycles. The van der Waals surface area contributed by atoms with Crippen molar-refractivity contribution >= 4 is 78.6 Å². The molecule has 0 aliphatic heterocycles. The zero-order valence-corrected chi connectivity index (χ0v) is 35.3. The number of benzene rings is 11.